The second-order valence-electron chi connectivity index (χ2n) is 2.30. The second-order valence-corrected chi connectivity index (χ2v) is 3.06. The van der Waals surface area contributed by atoms with E-state index in [1.54, 1.807) is 24.3 Å². The summed E-state index contributed by atoms with van der Waals surface area (Å²) in [5.74, 6) is -1.23. The van der Waals surface area contributed by atoms with Crippen molar-refractivity contribution in [2.75, 3.05) is 0 Å². The molecule has 0 fully saturated rings. The summed E-state index contributed by atoms with van der Waals surface area (Å²) in [6, 6.07) is 8.69. The number of benzene rings is 1. The molecule has 2 nitrogen and oxygen atoms in total. The van der Waals surface area contributed by atoms with Crippen LogP contribution in [0.4, 0.5) is 0 Å². The van der Waals surface area contributed by atoms with Crippen LogP contribution >= 0.6 is 23.2 Å². The fourth-order valence-corrected chi connectivity index (χ4v) is 1.12. The first-order valence-electron chi connectivity index (χ1n) is 3.47. The van der Waals surface area contributed by atoms with Gasteiger partial charge in [0, 0.05) is 0 Å². The first-order valence-corrected chi connectivity index (χ1v) is 4.22. The summed E-state index contributed by atoms with van der Waals surface area (Å²) < 4.78 is 0. The Labute approximate surface area is 85.4 Å². The van der Waals surface area contributed by atoms with Gasteiger partial charge in [-0.2, -0.15) is 0 Å². The summed E-state index contributed by atoms with van der Waals surface area (Å²) in [6.07, 6.45) is 0. The van der Waals surface area contributed by atoms with Gasteiger partial charge in [-0.3, -0.25) is 0 Å². The van der Waals surface area contributed by atoms with Crippen molar-refractivity contribution in [1.82, 2.24) is 0 Å². The van der Waals surface area contributed by atoms with E-state index in [1.165, 1.54) is 0 Å². The summed E-state index contributed by atoms with van der Waals surface area (Å²) in [6.45, 7) is 0. The molecule has 0 aliphatic rings. The average Bonchev–Trinajstić information content (AvgIpc) is 2.17. The van der Waals surface area contributed by atoms with Crippen LogP contribution in [-0.2, 0) is 4.79 Å². The van der Waals surface area contributed by atoms with Crippen LogP contribution in [0.25, 0.3) is 5.03 Å². The third-order valence-electron chi connectivity index (χ3n) is 1.41. The number of carboxylic acids is 1. The van der Waals surface area contributed by atoms with Gasteiger partial charge in [0.15, 0.2) is 0 Å². The average molecular weight is 217 g/mol. The number of aliphatic carboxylic acids is 1. The first-order chi connectivity index (χ1) is 6.13. The third-order valence-corrected chi connectivity index (χ3v) is 2.26. The number of rotatable bonds is 2. The van der Waals surface area contributed by atoms with Crippen LogP contribution in [-0.4, -0.2) is 11.1 Å². The molecule has 0 unspecified atom stereocenters. The Morgan fingerprint density at radius 2 is 1.69 bits per heavy atom. The largest absolute Gasteiger partial charge is 0.477 e. The molecule has 0 spiro atoms. The number of halogens is 2. The highest BCUT2D eigenvalue weighted by atomic mass is 35.5. The first kappa shape index (κ1) is 10.1. The molecule has 1 N–H and O–H groups in total. The van der Waals surface area contributed by atoms with Crippen molar-refractivity contribution < 1.29 is 9.90 Å². The Bertz CT molecular complexity index is 344. The minimum Gasteiger partial charge on any atom is -0.477 e. The molecule has 1 rings (SSSR count). The molecule has 0 radical (unpaired) electrons. The molecular formula is C9H6Cl2O2. The Kier molecular flexibility index (Phi) is 3.34. The Morgan fingerprint density at radius 1 is 1.15 bits per heavy atom. The molecule has 0 aromatic heterocycles. The Morgan fingerprint density at radius 3 is 2.15 bits per heavy atom. The van der Waals surface area contributed by atoms with Crippen LogP contribution in [0.5, 0.6) is 0 Å². The zero-order valence-electron chi connectivity index (χ0n) is 6.50. The predicted octanol–water partition coefficient (Wildman–Crippen LogP) is 2.92. The number of carboxylic acid groups (broad SMARTS) is 1. The second kappa shape index (κ2) is 4.30. The third kappa shape index (κ3) is 2.47. The molecule has 0 saturated heterocycles. The molecule has 0 bridgehead atoms. The fourth-order valence-electron chi connectivity index (χ4n) is 0.805. The van der Waals surface area contributed by atoms with Crippen molar-refractivity contribution in [2.24, 2.45) is 0 Å². The van der Waals surface area contributed by atoms with E-state index in [0.717, 1.165) is 0 Å². The molecule has 0 heterocycles. The smallest absolute Gasteiger partial charge is 0.348 e. The van der Waals surface area contributed by atoms with E-state index in [4.69, 9.17) is 28.3 Å². The van der Waals surface area contributed by atoms with Crippen LogP contribution in [0.2, 0.25) is 0 Å². The number of hydrogen-bond acceptors (Lipinski definition) is 1. The van der Waals surface area contributed by atoms with Crippen molar-refractivity contribution >= 4 is 34.2 Å². The highest BCUT2D eigenvalue weighted by Gasteiger charge is 2.10. The van der Waals surface area contributed by atoms with Gasteiger partial charge in [0.2, 0.25) is 0 Å². The van der Waals surface area contributed by atoms with E-state index in [1.807, 2.05) is 6.07 Å². The Hall–Kier alpha value is -0.990. The van der Waals surface area contributed by atoms with E-state index >= 15 is 0 Å². The lowest BCUT2D eigenvalue weighted by Gasteiger charge is -1.99. The SMILES string of the molecule is O=C(O)C(Cl)=C(Cl)c1ccccc1. The van der Waals surface area contributed by atoms with Crippen molar-refractivity contribution in [3.05, 3.63) is 40.9 Å². The van der Waals surface area contributed by atoms with Gasteiger partial charge in [0.1, 0.15) is 5.03 Å². The maximum absolute atomic E-state index is 10.4. The monoisotopic (exact) mass is 216 g/mol. The highest BCUT2D eigenvalue weighted by Crippen LogP contribution is 2.24. The summed E-state index contributed by atoms with van der Waals surface area (Å²) in [4.78, 5) is 10.4. The van der Waals surface area contributed by atoms with Crippen molar-refractivity contribution in [3.8, 4) is 0 Å². The molecule has 1 aromatic rings. The lowest BCUT2D eigenvalue weighted by Crippen LogP contribution is -1.95. The molecular weight excluding hydrogens is 211 g/mol. The Balaban J connectivity index is 3.11. The van der Waals surface area contributed by atoms with Gasteiger partial charge in [-0.1, -0.05) is 53.5 Å². The van der Waals surface area contributed by atoms with Gasteiger partial charge in [-0.15, -0.1) is 0 Å². The van der Waals surface area contributed by atoms with Crippen LogP contribution in [0.3, 0.4) is 0 Å². The number of hydrogen-bond donors (Lipinski definition) is 1. The van der Waals surface area contributed by atoms with Crippen molar-refractivity contribution in [3.63, 3.8) is 0 Å². The molecule has 0 atom stereocenters. The summed E-state index contributed by atoms with van der Waals surface area (Å²) in [5, 5.41) is 8.22. The molecule has 0 saturated carbocycles. The van der Waals surface area contributed by atoms with Gasteiger partial charge < -0.3 is 5.11 Å². The minimum absolute atomic E-state index is 0.0507. The fraction of sp³-hybridized carbons (Fsp3) is 0. The highest BCUT2D eigenvalue weighted by molar-refractivity contribution is 6.59. The molecule has 0 aliphatic carbocycles. The zero-order valence-corrected chi connectivity index (χ0v) is 8.01. The molecule has 0 aliphatic heterocycles. The van der Waals surface area contributed by atoms with Gasteiger partial charge >= 0.3 is 5.97 Å². The van der Waals surface area contributed by atoms with Crippen LogP contribution in [0.15, 0.2) is 35.4 Å². The molecule has 13 heavy (non-hydrogen) atoms. The van der Waals surface area contributed by atoms with Gasteiger partial charge in [-0.05, 0) is 5.56 Å². The van der Waals surface area contributed by atoms with Crippen LogP contribution in [0.1, 0.15) is 5.56 Å². The summed E-state index contributed by atoms with van der Waals surface area (Å²) in [5.41, 5.74) is 0.594. The van der Waals surface area contributed by atoms with E-state index in [-0.39, 0.29) is 10.1 Å². The summed E-state index contributed by atoms with van der Waals surface area (Å²) in [7, 11) is 0. The lowest BCUT2D eigenvalue weighted by atomic mass is 10.2. The molecule has 0 amide bonds. The number of carbonyl (C=O) groups is 1. The maximum atomic E-state index is 10.4. The zero-order chi connectivity index (χ0) is 9.84. The minimum atomic E-state index is -1.23. The molecule has 1 aromatic carbocycles. The topological polar surface area (TPSA) is 37.3 Å². The normalized spacial score (nSPS) is 12.2. The van der Waals surface area contributed by atoms with Gasteiger partial charge in [0.05, 0.1) is 5.03 Å². The van der Waals surface area contributed by atoms with Crippen LogP contribution in [0, 0.1) is 0 Å². The van der Waals surface area contributed by atoms with E-state index in [0.29, 0.717) is 5.56 Å². The van der Waals surface area contributed by atoms with Gasteiger partial charge in [0.25, 0.3) is 0 Å². The van der Waals surface area contributed by atoms with Gasteiger partial charge in [-0.25, -0.2) is 4.79 Å². The van der Waals surface area contributed by atoms with E-state index in [9.17, 15) is 4.79 Å². The standard InChI is InChI=1S/C9H6Cl2O2/c10-7(8(11)9(12)13)6-4-2-1-3-5-6/h1-5H,(H,12,13). The van der Waals surface area contributed by atoms with E-state index < -0.39 is 5.97 Å². The molecule has 4 heteroatoms. The van der Waals surface area contributed by atoms with Crippen molar-refractivity contribution in [2.45, 2.75) is 0 Å². The summed E-state index contributed by atoms with van der Waals surface area (Å²) >= 11 is 11.2. The van der Waals surface area contributed by atoms with E-state index in [2.05, 4.69) is 0 Å². The predicted molar refractivity (Wildman–Crippen MR) is 52.7 cm³/mol. The van der Waals surface area contributed by atoms with Crippen LogP contribution < -0.4 is 0 Å². The molecule has 68 valence electrons. The quantitative estimate of drug-likeness (QED) is 0.773. The maximum Gasteiger partial charge on any atom is 0.348 e. The van der Waals surface area contributed by atoms with Crippen molar-refractivity contribution in [1.29, 1.82) is 0 Å². The lowest BCUT2D eigenvalue weighted by molar-refractivity contribution is -0.131.